The molecule has 0 saturated heterocycles. The minimum absolute atomic E-state index is 0.156. The van der Waals surface area contributed by atoms with Gasteiger partial charge < -0.3 is 5.32 Å². The van der Waals surface area contributed by atoms with Gasteiger partial charge in [0.1, 0.15) is 0 Å². The second-order valence-electron chi connectivity index (χ2n) is 5.59. The lowest BCUT2D eigenvalue weighted by atomic mass is 10.2. The van der Waals surface area contributed by atoms with Crippen molar-refractivity contribution in [1.82, 2.24) is 5.32 Å². The van der Waals surface area contributed by atoms with Crippen molar-refractivity contribution in [2.45, 2.75) is 17.6 Å². The van der Waals surface area contributed by atoms with Crippen LogP contribution in [-0.2, 0) is 15.6 Å². The molecule has 0 radical (unpaired) electrons. The molecule has 0 aliphatic heterocycles. The summed E-state index contributed by atoms with van der Waals surface area (Å²) in [5.41, 5.74) is 2.87. The van der Waals surface area contributed by atoms with Crippen molar-refractivity contribution in [3.05, 3.63) is 65.2 Å². The number of aryl methyl sites for hydroxylation is 1. The zero-order valence-corrected chi connectivity index (χ0v) is 15.4. The topological polar surface area (TPSA) is 63.2 Å². The second-order valence-corrected chi connectivity index (χ2v) is 8.71. The molecule has 0 heterocycles. The molecule has 128 valence electrons. The Kier molecular flexibility index (Phi) is 6.45. The van der Waals surface area contributed by atoms with Crippen LogP contribution in [0.15, 0.2) is 53.4 Å². The van der Waals surface area contributed by atoms with Crippen molar-refractivity contribution >= 4 is 27.5 Å². The molecule has 0 aliphatic rings. The number of benzene rings is 2. The largest absolute Gasteiger partial charge is 0.351 e. The maximum absolute atomic E-state index is 12.1. The third-order valence-electron chi connectivity index (χ3n) is 3.45. The molecule has 0 fully saturated rings. The van der Waals surface area contributed by atoms with Crippen LogP contribution in [0, 0.1) is 6.92 Å². The van der Waals surface area contributed by atoms with Gasteiger partial charge in [-0.05, 0) is 30.7 Å². The van der Waals surface area contributed by atoms with Gasteiger partial charge in [0.15, 0.2) is 9.84 Å². The number of thioether (sulfide) groups is 1. The number of hydrogen-bond acceptors (Lipinski definition) is 4. The van der Waals surface area contributed by atoms with E-state index in [1.807, 2.05) is 0 Å². The standard InChI is InChI=1S/C18H21NO3S2/c1-14-6-8-15(9-7-14)13-23-11-10-19-18(20)16-4-3-5-17(12-16)24(2,21)22/h3-9,12H,10-11,13H2,1-2H3,(H,19,20). The van der Waals surface area contributed by atoms with E-state index in [2.05, 4.69) is 36.5 Å². The Balaban J connectivity index is 1.78. The summed E-state index contributed by atoms with van der Waals surface area (Å²) in [5, 5.41) is 2.82. The van der Waals surface area contributed by atoms with Gasteiger partial charge in [0.2, 0.25) is 0 Å². The summed E-state index contributed by atoms with van der Waals surface area (Å²) in [7, 11) is -3.31. The van der Waals surface area contributed by atoms with Crippen LogP contribution in [0.1, 0.15) is 21.5 Å². The van der Waals surface area contributed by atoms with Crippen LogP contribution in [-0.4, -0.2) is 32.9 Å². The van der Waals surface area contributed by atoms with E-state index in [1.54, 1.807) is 23.9 Å². The first-order valence-corrected chi connectivity index (χ1v) is 10.6. The fourth-order valence-corrected chi connectivity index (χ4v) is 3.57. The summed E-state index contributed by atoms with van der Waals surface area (Å²) in [6, 6.07) is 14.5. The van der Waals surface area contributed by atoms with Crippen LogP contribution in [0.2, 0.25) is 0 Å². The Morgan fingerprint density at radius 2 is 1.83 bits per heavy atom. The number of nitrogens with one attached hydrogen (secondary N) is 1. The molecule has 1 amide bonds. The number of sulfone groups is 1. The zero-order chi connectivity index (χ0) is 17.6. The van der Waals surface area contributed by atoms with Gasteiger partial charge in [-0.3, -0.25) is 4.79 Å². The van der Waals surface area contributed by atoms with Gasteiger partial charge in [0.25, 0.3) is 5.91 Å². The first kappa shape index (κ1) is 18.5. The van der Waals surface area contributed by atoms with E-state index < -0.39 is 9.84 Å². The minimum Gasteiger partial charge on any atom is -0.351 e. The molecule has 0 aliphatic carbocycles. The van der Waals surface area contributed by atoms with E-state index >= 15 is 0 Å². The van der Waals surface area contributed by atoms with Crippen molar-refractivity contribution in [1.29, 1.82) is 0 Å². The molecular weight excluding hydrogens is 342 g/mol. The molecule has 0 aromatic heterocycles. The molecule has 4 nitrogen and oxygen atoms in total. The highest BCUT2D eigenvalue weighted by Gasteiger charge is 2.11. The van der Waals surface area contributed by atoms with Crippen LogP contribution < -0.4 is 5.32 Å². The van der Waals surface area contributed by atoms with E-state index in [4.69, 9.17) is 0 Å². The molecule has 2 aromatic rings. The average molecular weight is 364 g/mol. The van der Waals surface area contributed by atoms with Crippen molar-refractivity contribution in [2.75, 3.05) is 18.6 Å². The highest BCUT2D eigenvalue weighted by molar-refractivity contribution is 7.98. The van der Waals surface area contributed by atoms with Gasteiger partial charge in [-0.1, -0.05) is 35.9 Å². The Hall–Kier alpha value is -1.79. The highest BCUT2D eigenvalue weighted by Crippen LogP contribution is 2.13. The average Bonchev–Trinajstić information content (AvgIpc) is 2.55. The van der Waals surface area contributed by atoms with E-state index in [0.29, 0.717) is 12.1 Å². The minimum atomic E-state index is -3.31. The van der Waals surface area contributed by atoms with E-state index in [1.165, 1.54) is 23.3 Å². The first-order chi connectivity index (χ1) is 11.4. The third-order valence-corrected chi connectivity index (χ3v) is 5.59. The molecule has 24 heavy (non-hydrogen) atoms. The third kappa shape index (κ3) is 5.69. The van der Waals surface area contributed by atoms with Crippen molar-refractivity contribution in [2.24, 2.45) is 0 Å². The van der Waals surface area contributed by atoms with E-state index in [-0.39, 0.29) is 10.8 Å². The predicted molar refractivity (Wildman–Crippen MR) is 99.2 cm³/mol. The maximum atomic E-state index is 12.1. The number of carbonyl (C=O) groups excluding carboxylic acids is 1. The molecular formula is C18H21NO3S2. The fourth-order valence-electron chi connectivity index (χ4n) is 2.08. The van der Waals surface area contributed by atoms with Gasteiger partial charge in [-0.25, -0.2) is 8.42 Å². The predicted octanol–water partition coefficient (Wildman–Crippen LogP) is 3.06. The lowest BCUT2D eigenvalue weighted by Crippen LogP contribution is -2.25. The summed E-state index contributed by atoms with van der Waals surface area (Å²) in [6.45, 7) is 2.60. The van der Waals surface area contributed by atoms with Crippen LogP contribution in [0.25, 0.3) is 0 Å². The Morgan fingerprint density at radius 1 is 1.12 bits per heavy atom. The first-order valence-electron chi connectivity index (χ1n) is 7.58. The van der Waals surface area contributed by atoms with Crippen LogP contribution in [0.4, 0.5) is 0 Å². The summed E-state index contributed by atoms with van der Waals surface area (Å²) in [6.07, 6.45) is 1.13. The van der Waals surface area contributed by atoms with Crippen molar-refractivity contribution in [3.63, 3.8) is 0 Å². The number of amides is 1. The summed E-state index contributed by atoms with van der Waals surface area (Å²) in [5.74, 6) is 1.45. The van der Waals surface area contributed by atoms with Crippen molar-refractivity contribution < 1.29 is 13.2 Å². The summed E-state index contributed by atoms with van der Waals surface area (Å²) >= 11 is 1.75. The lowest BCUT2D eigenvalue weighted by Gasteiger charge is -2.07. The van der Waals surface area contributed by atoms with Crippen LogP contribution >= 0.6 is 11.8 Å². The lowest BCUT2D eigenvalue weighted by molar-refractivity contribution is 0.0956. The van der Waals surface area contributed by atoms with Crippen LogP contribution in [0.5, 0.6) is 0 Å². The molecule has 2 rings (SSSR count). The maximum Gasteiger partial charge on any atom is 0.251 e. The number of carbonyl (C=O) groups is 1. The second kappa shape index (κ2) is 8.35. The smallest absolute Gasteiger partial charge is 0.251 e. The monoisotopic (exact) mass is 363 g/mol. The normalized spacial score (nSPS) is 11.2. The molecule has 0 unspecified atom stereocenters. The van der Waals surface area contributed by atoms with Gasteiger partial charge in [0, 0.05) is 29.9 Å². The number of rotatable bonds is 7. The molecule has 1 N–H and O–H groups in total. The summed E-state index contributed by atoms with van der Waals surface area (Å²) < 4.78 is 23.1. The molecule has 0 saturated carbocycles. The van der Waals surface area contributed by atoms with Crippen LogP contribution in [0.3, 0.4) is 0 Å². The van der Waals surface area contributed by atoms with Crippen molar-refractivity contribution in [3.8, 4) is 0 Å². The quantitative estimate of drug-likeness (QED) is 0.768. The molecule has 6 heteroatoms. The fraction of sp³-hybridized carbons (Fsp3) is 0.278. The molecule has 0 spiro atoms. The molecule has 0 bridgehead atoms. The van der Waals surface area contributed by atoms with Gasteiger partial charge in [-0.2, -0.15) is 11.8 Å². The van der Waals surface area contributed by atoms with Gasteiger partial charge in [0.05, 0.1) is 4.90 Å². The Bertz CT molecular complexity index is 799. The molecule has 2 aromatic carbocycles. The van der Waals surface area contributed by atoms with E-state index in [0.717, 1.165) is 17.8 Å². The Labute approximate surface area is 147 Å². The van der Waals surface area contributed by atoms with E-state index in [9.17, 15) is 13.2 Å². The highest BCUT2D eigenvalue weighted by atomic mass is 32.2. The summed E-state index contributed by atoms with van der Waals surface area (Å²) in [4.78, 5) is 12.2. The zero-order valence-electron chi connectivity index (χ0n) is 13.8. The Morgan fingerprint density at radius 3 is 2.50 bits per heavy atom. The molecule has 0 atom stereocenters. The van der Waals surface area contributed by atoms with Gasteiger partial charge >= 0.3 is 0 Å². The SMILES string of the molecule is Cc1ccc(CSCCNC(=O)c2cccc(S(C)(=O)=O)c2)cc1. The van der Waals surface area contributed by atoms with Gasteiger partial charge in [-0.15, -0.1) is 0 Å². The number of hydrogen-bond donors (Lipinski definition) is 1.